The zero-order valence-electron chi connectivity index (χ0n) is 59.4. The van der Waals surface area contributed by atoms with Crippen LogP contribution < -0.4 is 43.8 Å². The van der Waals surface area contributed by atoms with Crippen LogP contribution in [0.2, 0.25) is 0 Å². The van der Waals surface area contributed by atoms with Gasteiger partial charge in [-0.25, -0.2) is 49.3 Å². The highest BCUT2D eigenvalue weighted by molar-refractivity contribution is 7.91. The number of likely N-dealkylation sites (N-methyl/N-ethyl adjacent to an activating group) is 1. The van der Waals surface area contributed by atoms with Crippen molar-refractivity contribution < 1.29 is 54.3 Å². The predicted octanol–water partition coefficient (Wildman–Crippen LogP) is 5.25. The van der Waals surface area contributed by atoms with Gasteiger partial charge >= 0.3 is 0 Å². The Kier molecular flexibility index (Phi) is 22.8. The Bertz CT molecular complexity index is 5540. The third-order valence-corrected chi connectivity index (χ3v) is 21.5. The zero-order chi connectivity index (χ0) is 76.8. The summed E-state index contributed by atoms with van der Waals surface area (Å²) in [4.78, 5) is 77.7. The van der Waals surface area contributed by atoms with Crippen LogP contribution >= 0.6 is 0 Å². The summed E-state index contributed by atoms with van der Waals surface area (Å²) < 4.78 is 76.2. The van der Waals surface area contributed by atoms with Gasteiger partial charge in [0.25, 0.3) is 17.7 Å². The van der Waals surface area contributed by atoms with E-state index in [0.29, 0.717) is 102 Å². The van der Waals surface area contributed by atoms with E-state index in [-0.39, 0.29) is 50.6 Å². The van der Waals surface area contributed by atoms with Gasteiger partial charge in [0.05, 0.1) is 73.6 Å². The standard InChI is InChI=1S/C27H29N7O4S.C25H25N7O4S.C20H20N4O3S.C2H6O/c1-28-23(13-18-14-30-15-31-18)26(35)32-17-6-4-16-5-11-21-24(27(36)29-2)33-34(25(21)22(16)12-17)19-7-9-20(10-8-19)39(3,37)38;1-37(35,36)18-7-5-17(6-8-18)32-23-19(22(31-32)24(27)33)9-3-14-2-4-15(10-20(14)23)30-25(34)21(26)11-16-12-28-13-29-16;1-22-20(25)18-16-10-4-12-3-5-13(21)11-17(12)19(16)24(23-18)14-6-8-15(9-7-14)28(2,26)27;1-2-3/h4,6-10,12,14-15,23,28H,5,11,13H2,1-3H3,(H,29,36)(H,30,31)(H,32,35);2,4-8,10,12-13,21H,3,9,11,26H2,1H3,(H2,27,33)(H,28,29)(H,30,34);3,5-9,11H,4,10,21H2,1-2H3,(H,22,25);3H,2H2,1H3. The molecule has 5 amide bonds. The molecule has 14 N–H and O–H groups in total. The van der Waals surface area contributed by atoms with Gasteiger partial charge < -0.3 is 58.9 Å². The topological polar surface area (TPSA) is 457 Å². The van der Waals surface area contributed by atoms with Crippen molar-refractivity contribution in [3.63, 3.8) is 0 Å². The molecule has 14 rings (SSSR count). The number of H-pyrrole nitrogens is 2. The zero-order valence-corrected chi connectivity index (χ0v) is 61.9. The van der Waals surface area contributed by atoms with Gasteiger partial charge in [-0.3, -0.25) is 24.0 Å². The number of imidazole rings is 2. The number of benzene rings is 6. The fourth-order valence-electron chi connectivity index (χ4n) is 12.9. The number of sulfone groups is 3. The molecule has 0 saturated heterocycles. The molecule has 0 aliphatic heterocycles. The quantitative estimate of drug-likeness (QED) is 0.0489. The van der Waals surface area contributed by atoms with Crippen molar-refractivity contribution in [3.05, 3.63) is 214 Å². The molecule has 107 heavy (non-hydrogen) atoms. The van der Waals surface area contributed by atoms with Gasteiger partial charge in [0, 0.05) is 127 Å². The van der Waals surface area contributed by atoms with Crippen LogP contribution in [0.1, 0.15) is 83.2 Å². The molecule has 0 saturated carbocycles. The molecule has 556 valence electrons. The number of aryl methyl sites for hydroxylation is 3. The SMILES string of the molecule is CCO.CNC(=O)c1nn(-c2ccc(S(C)(=O)=O)cc2)c2c1CCc1ccc(N)cc1-2.CNC(=O)c1nn(-c2ccc(S(C)(=O)=O)cc2)c2c1CCc1ccc(NC(=O)C(Cc3cnc[nH]3)NC)cc1-2.CS(=O)(=O)c1ccc(-n2nc(C(N)=O)c3c2-c2cc(NC(=O)C(N)Cc4cnc[nH]4)ccc2CC3)cc1. The van der Waals surface area contributed by atoms with Crippen LogP contribution in [0.3, 0.4) is 0 Å². The van der Waals surface area contributed by atoms with E-state index >= 15 is 0 Å². The number of aliphatic hydroxyl groups excluding tert-OH is 1. The molecule has 0 radical (unpaired) electrons. The number of fused-ring (bicyclic) bond motifs is 9. The number of rotatable bonds is 18. The second-order valence-corrected chi connectivity index (χ2v) is 31.6. The molecular formula is C74H80N18O12S3. The van der Waals surface area contributed by atoms with Crippen molar-refractivity contribution in [2.45, 2.75) is 85.1 Å². The predicted molar refractivity (Wildman–Crippen MR) is 404 cm³/mol. The average Bonchev–Trinajstić information content (AvgIpc) is 1.62. The molecule has 2 unspecified atom stereocenters. The first-order valence-corrected chi connectivity index (χ1v) is 39.5. The van der Waals surface area contributed by atoms with Gasteiger partial charge in [-0.15, -0.1) is 0 Å². The van der Waals surface area contributed by atoms with Crippen LogP contribution in [0.15, 0.2) is 167 Å². The number of nitrogen functional groups attached to an aromatic ring is 1. The lowest BCUT2D eigenvalue weighted by Crippen LogP contribution is -2.40. The van der Waals surface area contributed by atoms with E-state index in [9.17, 15) is 49.2 Å². The number of nitrogens with zero attached hydrogens (tertiary/aromatic N) is 8. The first-order chi connectivity index (χ1) is 51.0. The number of aromatic nitrogens is 10. The minimum atomic E-state index is -3.38. The highest BCUT2D eigenvalue weighted by atomic mass is 32.2. The number of aliphatic hydroxyl groups is 1. The van der Waals surface area contributed by atoms with E-state index in [1.165, 1.54) is 36.8 Å². The van der Waals surface area contributed by atoms with Gasteiger partial charge in [-0.05, 0) is 178 Å². The first kappa shape index (κ1) is 76.4. The van der Waals surface area contributed by atoms with Crippen molar-refractivity contribution in [2.75, 3.05) is 62.9 Å². The Morgan fingerprint density at radius 1 is 0.505 bits per heavy atom. The molecule has 3 aliphatic carbocycles. The molecule has 30 nitrogen and oxygen atoms in total. The largest absolute Gasteiger partial charge is 0.399 e. The van der Waals surface area contributed by atoms with E-state index in [2.05, 4.69) is 61.8 Å². The smallest absolute Gasteiger partial charge is 0.271 e. The third kappa shape index (κ3) is 16.8. The van der Waals surface area contributed by atoms with E-state index in [1.807, 2.05) is 48.5 Å². The first-order valence-electron chi connectivity index (χ1n) is 33.8. The van der Waals surface area contributed by atoms with Gasteiger partial charge in [-0.2, -0.15) is 15.3 Å². The maximum Gasteiger partial charge on any atom is 0.271 e. The van der Waals surface area contributed by atoms with E-state index in [4.69, 9.17) is 22.3 Å². The molecule has 33 heteroatoms. The minimum Gasteiger partial charge on any atom is -0.399 e. The molecule has 5 aromatic heterocycles. The molecule has 0 fully saturated rings. The second-order valence-electron chi connectivity index (χ2n) is 25.5. The summed E-state index contributed by atoms with van der Waals surface area (Å²) in [6.45, 7) is 1.93. The highest BCUT2D eigenvalue weighted by Crippen LogP contribution is 2.42. The molecule has 0 spiro atoms. The van der Waals surface area contributed by atoms with Gasteiger partial charge in [0.15, 0.2) is 46.6 Å². The normalized spacial score (nSPS) is 13.1. The average molecular weight is 1510 g/mol. The lowest BCUT2D eigenvalue weighted by atomic mass is 9.88. The number of aromatic amines is 2. The van der Waals surface area contributed by atoms with Crippen LogP contribution in [0, 0.1) is 0 Å². The van der Waals surface area contributed by atoms with Gasteiger partial charge in [0.1, 0.15) is 0 Å². The molecule has 3 aliphatic rings. The molecular weight excluding hydrogens is 1430 g/mol. The lowest BCUT2D eigenvalue weighted by molar-refractivity contribution is -0.118. The van der Waals surface area contributed by atoms with Crippen molar-refractivity contribution >= 4 is 76.1 Å². The fraction of sp³-hybridized carbons (Fsp3) is 0.243. The molecule has 0 bridgehead atoms. The number of carbonyl (C=O) groups excluding carboxylic acids is 5. The number of nitrogens with two attached hydrogens (primary N) is 3. The summed E-state index contributed by atoms with van der Waals surface area (Å²) >= 11 is 0. The van der Waals surface area contributed by atoms with Gasteiger partial charge in [0.2, 0.25) is 11.8 Å². The minimum absolute atomic E-state index is 0.156. The maximum atomic E-state index is 13.1. The highest BCUT2D eigenvalue weighted by Gasteiger charge is 2.33. The Labute approximate surface area is 616 Å². The monoisotopic (exact) mass is 1510 g/mol. The van der Waals surface area contributed by atoms with Crippen LogP contribution in [0.25, 0.3) is 50.8 Å². The fourth-order valence-corrected chi connectivity index (χ4v) is 14.8. The number of hydrogen-bond donors (Lipinski definition) is 11. The maximum absolute atomic E-state index is 13.1. The van der Waals surface area contributed by atoms with E-state index in [0.717, 1.165) is 86.2 Å². The van der Waals surface area contributed by atoms with Crippen LogP contribution in [-0.4, -0.2) is 168 Å². The summed E-state index contributed by atoms with van der Waals surface area (Å²) in [5.74, 6) is -1.76. The molecule has 2 atom stereocenters. The van der Waals surface area contributed by atoms with E-state index < -0.39 is 47.5 Å². The number of primary amides is 1. The van der Waals surface area contributed by atoms with Crippen molar-refractivity contribution in [3.8, 4) is 50.8 Å². The summed E-state index contributed by atoms with van der Waals surface area (Å²) in [6, 6.07) is 34.9. The number of nitrogens with one attached hydrogen (secondary N) is 7. The Morgan fingerprint density at radius 3 is 1.21 bits per heavy atom. The van der Waals surface area contributed by atoms with E-state index in [1.54, 1.807) is 115 Å². The van der Waals surface area contributed by atoms with Crippen molar-refractivity contribution in [1.29, 1.82) is 0 Å². The van der Waals surface area contributed by atoms with Crippen molar-refractivity contribution in [2.24, 2.45) is 11.5 Å². The summed E-state index contributed by atoms with van der Waals surface area (Å²) in [5, 5.41) is 35.5. The molecule has 6 aromatic carbocycles. The second kappa shape index (κ2) is 31.9. The Balaban J connectivity index is 0.000000159. The molecule has 11 aromatic rings. The van der Waals surface area contributed by atoms with Crippen LogP contribution in [-0.2, 0) is 90.5 Å². The number of amides is 5. The third-order valence-electron chi connectivity index (χ3n) is 18.2. The summed E-state index contributed by atoms with van der Waals surface area (Å²) in [6.07, 6.45) is 14.6. The molecule has 5 heterocycles. The Hall–Kier alpha value is -11.8. The number of anilines is 3. The summed E-state index contributed by atoms with van der Waals surface area (Å²) in [7, 11) is -5.18. The summed E-state index contributed by atoms with van der Waals surface area (Å²) in [5.41, 5.74) is 34.2. The lowest BCUT2D eigenvalue weighted by Gasteiger charge is -2.21. The van der Waals surface area contributed by atoms with Crippen LogP contribution in [0.4, 0.5) is 17.1 Å². The number of hydrogen-bond acceptors (Lipinski definition) is 20. The van der Waals surface area contributed by atoms with Crippen molar-refractivity contribution in [1.82, 2.24) is 65.2 Å². The van der Waals surface area contributed by atoms with Crippen LogP contribution in [0.5, 0.6) is 0 Å². The Morgan fingerprint density at radius 2 is 0.860 bits per heavy atom. The number of carbonyl (C=O) groups is 5. The van der Waals surface area contributed by atoms with Gasteiger partial charge in [-0.1, -0.05) is 18.2 Å².